The first-order valence-corrected chi connectivity index (χ1v) is 8.30. The van der Waals surface area contributed by atoms with Gasteiger partial charge in [0.1, 0.15) is 0 Å². The summed E-state index contributed by atoms with van der Waals surface area (Å²) in [6.45, 7) is 5.79. The molecule has 100 valence electrons. The standard InChI is InChI=1S/C11H23N3O2S/c12-3-6-13-4-1-5-14(8-7-13)11-2-9-17(15,16)10-11/h11H,1-10,12H2. The van der Waals surface area contributed by atoms with Crippen molar-refractivity contribution in [1.29, 1.82) is 0 Å². The van der Waals surface area contributed by atoms with Crippen LogP contribution in [-0.4, -0.2) is 75.0 Å². The summed E-state index contributed by atoms with van der Waals surface area (Å²) >= 11 is 0. The molecule has 0 bridgehead atoms. The molecule has 2 rings (SSSR count). The summed E-state index contributed by atoms with van der Waals surface area (Å²) in [5.41, 5.74) is 5.57. The summed E-state index contributed by atoms with van der Waals surface area (Å²) in [5, 5.41) is 0. The Morgan fingerprint density at radius 1 is 1.18 bits per heavy atom. The van der Waals surface area contributed by atoms with Gasteiger partial charge in [-0.3, -0.25) is 4.90 Å². The third-order valence-electron chi connectivity index (χ3n) is 3.79. The number of rotatable bonds is 3. The molecule has 6 heteroatoms. The quantitative estimate of drug-likeness (QED) is 0.716. The second-order valence-electron chi connectivity index (χ2n) is 5.08. The Kier molecular flexibility index (Phi) is 4.41. The van der Waals surface area contributed by atoms with Crippen molar-refractivity contribution >= 4 is 9.84 Å². The molecule has 0 radical (unpaired) electrons. The van der Waals surface area contributed by atoms with E-state index in [1.54, 1.807) is 0 Å². The molecule has 1 unspecified atom stereocenters. The molecule has 17 heavy (non-hydrogen) atoms. The highest BCUT2D eigenvalue weighted by Gasteiger charge is 2.32. The van der Waals surface area contributed by atoms with Gasteiger partial charge in [-0.05, 0) is 25.9 Å². The number of nitrogens with two attached hydrogens (primary N) is 1. The Morgan fingerprint density at radius 2 is 2.00 bits per heavy atom. The molecule has 5 nitrogen and oxygen atoms in total. The van der Waals surface area contributed by atoms with Crippen LogP contribution in [0.4, 0.5) is 0 Å². The Balaban J connectivity index is 1.87. The smallest absolute Gasteiger partial charge is 0.151 e. The van der Waals surface area contributed by atoms with Gasteiger partial charge in [0.25, 0.3) is 0 Å². The minimum absolute atomic E-state index is 0.262. The van der Waals surface area contributed by atoms with E-state index in [9.17, 15) is 8.42 Å². The van der Waals surface area contributed by atoms with Crippen LogP contribution in [0.1, 0.15) is 12.8 Å². The van der Waals surface area contributed by atoms with Crippen LogP contribution in [-0.2, 0) is 9.84 Å². The van der Waals surface area contributed by atoms with E-state index in [0.717, 1.165) is 45.6 Å². The van der Waals surface area contributed by atoms with Gasteiger partial charge in [0.15, 0.2) is 9.84 Å². The first-order chi connectivity index (χ1) is 8.11. The zero-order chi connectivity index (χ0) is 12.3. The zero-order valence-corrected chi connectivity index (χ0v) is 11.2. The van der Waals surface area contributed by atoms with E-state index in [1.807, 2.05) is 0 Å². The number of nitrogens with zero attached hydrogens (tertiary/aromatic N) is 2. The van der Waals surface area contributed by atoms with E-state index in [0.29, 0.717) is 18.1 Å². The maximum Gasteiger partial charge on any atom is 0.151 e. The molecular weight excluding hydrogens is 238 g/mol. The third-order valence-corrected chi connectivity index (χ3v) is 5.54. The van der Waals surface area contributed by atoms with Crippen molar-refractivity contribution in [2.45, 2.75) is 18.9 Å². The number of hydrogen-bond donors (Lipinski definition) is 1. The van der Waals surface area contributed by atoms with Gasteiger partial charge >= 0.3 is 0 Å². The summed E-state index contributed by atoms with van der Waals surface area (Å²) in [6.07, 6.45) is 1.94. The lowest BCUT2D eigenvalue weighted by Crippen LogP contribution is -2.39. The van der Waals surface area contributed by atoms with Crippen molar-refractivity contribution in [3.8, 4) is 0 Å². The predicted molar refractivity (Wildman–Crippen MR) is 68.7 cm³/mol. The van der Waals surface area contributed by atoms with Gasteiger partial charge in [0.05, 0.1) is 11.5 Å². The summed E-state index contributed by atoms with van der Waals surface area (Å²) in [7, 11) is -2.76. The highest BCUT2D eigenvalue weighted by atomic mass is 32.2. The summed E-state index contributed by atoms with van der Waals surface area (Å²) < 4.78 is 23.0. The maximum atomic E-state index is 11.5. The molecule has 2 fully saturated rings. The van der Waals surface area contributed by atoms with E-state index in [4.69, 9.17) is 5.73 Å². The first-order valence-electron chi connectivity index (χ1n) is 6.47. The molecule has 0 amide bonds. The van der Waals surface area contributed by atoms with Gasteiger partial charge < -0.3 is 10.6 Å². The zero-order valence-electron chi connectivity index (χ0n) is 10.3. The molecule has 0 aliphatic carbocycles. The molecule has 2 aliphatic rings. The third kappa shape index (κ3) is 3.64. The summed E-state index contributed by atoms with van der Waals surface area (Å²) in [6, 6.07) is 0.262. The van der Waals surface area contributed by atoms with Crippen molar-refractivity contribution < 1.29 is 8.42 Å². The van der Waals surface area contributed by atoms with Gasteiger partial charge in [0.2, 0.25) is 0 Å². The molecule has 2 saturated heterocycles. The molecule has 0 aromatic rings. The Morgan fingerprint density at radius 3 is 2.65 bits per heavy atom. The van der Waals surface area contributed by atoms with Gasteiger partial charge in [0, 0.05) is 32.2 Å². The molecule has 0 aromatic carbocycles. The Bertz CT molecular complexity index is 345. The molecule has 2 aliphatic heterocycles. The monoisotopic (exact) mass is 261 g/mol. The largest absolute Gasteiger partial charge is 0.329 e. The molecule has 1 atom stereocenters. The fraction of sp³-hybridized carbons (Fsp3) is 1.00. The van der Waals surface area contributed by atoms with Crippen molar-refractivity contribution in [3.63, 3.8) is 0 Å². The van der Waals surface area contributed by atoms with Crippen LogP contribution in [0.5, 0.6) is 0 Å². The average Bonchev–Trinajstić information content (AvgIpc) is 2.51. The van der Waals surface area contributed by atoms with Crippen LogP contribution in [0.2, 0.25) is 0 Å². The Hall–Kier alpha value is -0.170. The van der Waals surface area contributed by atoms with Crippen LogP contribution in [0.15, 0.2) is 0 Å². The number of hydrogen-bond acceptors (Lipinski definition) is 5. The molecule has 0 spiro atoms. The molecule has 2 N–H and O–H groups in total. The normalized spacial score (nSPS) is 31.5. The fourth-order valence-corrected chi connectivity index (χ4v) is 4.59. The van der Waals surface area contributed by atoms with E-state index >= 15 is 0 Å². The van der Waals surface area contributed by atoms with E-state index < -0.39 is 9.84 Å². The average molecular weight is 261 g/mol. The van der Waals surface area contributed by atoms with Gasteiger partial charge in [-0.25, -0.2) is 8.42 Å². The van der Waals surface area contributed by atoms with Crippen LogP contribution < -0.4 is 5.73 Å². The highest BCUT2D eigenvalue weighted by molar-refractivity contribution is 7.91. The van der Waals surface area contributed by atoms with E-state index in [1.165, 1.54) is 0 Å². The minimum Gasteiger partial charge on any atom is -0.329 e. The summed E-state index contributed by atoms with van der Waals surface area (Å²) in [5.74, 6) is 0.741. The second kappa shape index (κ2) is 5.65. The van der Waals surface area contributed by atoms with E-state index in [-0.39, 0.29) is 6.04 Å². The van der Waals surface area contributed by atoms with Crippen LogP contribution in [0.25, 0.3) is 0 Å². The van der Waals surface area contributed by atoms with Crippen molar-refractivity contribution in [1.82, 2.24) is 9.80 Å². The lowest BCUT2D eigenvalue weighted by atomic mass is 10.2. The highest BCUT2D eigenvalue weighted by Crippen LogP contribution is 2.19. The van der Waals surface area contributed by atoms with Crippen molar-refractivity contribution in [3.05, 3.63) is 0 Å². The van der Waals surface area contributed by atoms with Gasteiger partial charge in [-0.2, -0.15) is 0 Å². The predicted octanol–water partition coefficient (Wildman–Crippen LogP) is -0.860. The van der Waals surface area contributed by atoms with Crippen LogP contribution in [0.3, 0.4) is 0 Å². The van der Waals surface area contributed by atoms with E-state index in [2.05, 4.69) is 9.80 Å². The minimum atomic E-state index is -2.76. The molecule has 0 saturated carbocycles. The van der Waals surface area contributed by atoms with Crippen molar-refractivity contribution in [2.24, 2.45) is 5.73 Å². The Labute approximate surface area is 104 Å². The lowest BCUT2D eigenvalue weighted by molar-refractivity contribution is 0.213. The first kappa shape index (κ1) is 13.3. The molecule has 2 heterocycles. The molecular formula is C11H23N3O2S. The SMILES string of the molecule is NCCN1CCCN(C2CCS(=O)(=O)C2)CC1. The van der Waals surface area contributed by atoms with Gasteiger partial charge in [-0.15, -0.1) is 0 Å². The van der Waals surface area contributed by atoms with Gasteiger partial charge in [-0.1, -0.05) is 0 Å². The fourth-order valence-electron chi connectivity index (χ4n) is 2.83. The maximum absolute atomic E-state index is 11.5. The van der Waals surface area contributed by atoms with Crippen LogP contribution >= 0.6 is 0 Å². The topological polar surface area (TPSA) is 66.6 Å². The molecule has 0 aromatic heterocycles. The van der Waals surface area contributed by atoms with Crippen molar-refractivity contribution in [2.75, 3.05) is 50.8 Å². The lowest BCUT2D eigenvalue weighted by Gasteiger charge is -2.26. The second-order valence-corrected chi connectivity index (χ2v) is 7.31. The number of sulfone groups is 1. The summed E-state index contributed by atoms with van der Waals surface area (Å²) in [4.78, 5) is 4.74. The van der Waals surface area contributed by atoms with Crippen LogP contribution in [0, 0.1) is 0 Å².